The molecule has 0 aliphatic heterocycles. The van der Waals surface area contributed by atoms with E-state index in [0.29, 0.717) is 5.56 Å². The number of rotatable bonds is 10. The van der Waals surface area contributed by atoms with Gasteiger partial charge in [0.1, 0.15) is 11.4 Å². The van der Waals surface area contributed by atoms with Crippen LogP contribution in [0.15, 0.2) is 42.5 Å². The van der Waals surface area contributed by atoms with Crippen molar-refractivity contribution >= 4 is 29.4 Å². The van der Waals surface area contributed by atoms with Crippen molar-refractivity contribution in [2.75, 3.05) is 13.1 Å². The Kier molecular flexibility index (Phi) is 10.0. The minimum absolute atomic E-state index is 0.0440. The van der Waals surface area contributed by atoms with Gasteiger partial charge in [0, 0.05) is 43.2 Å². The summed E-state index contributed by atoms with van der Waals surface area (Å²) in [6.45, 7) is 7.69. The highest BCUT2D eigenvalue weighted by Gasteiger charge is 2.21. The average Bonchev–Trinajstić information content (AvgIpc) is 2.75. The Balaban J connectivity index is 1.83. The lowest BCUT2D eigenvalue weighted by molar-refractivity contribution is -0.121. The smallest absolute Gasteiger partial charge is 0.407 e. The zero-order chi connectivity index (χ0) is 25.3. The first-order chi connectivity index (χ1) is 16.0. The van der Waals surface area contributed by atoms with E-state index in [2.05, 4.69) is 16.0 Å². The van der Waals surface area contributed by atoms with Crippen molar-refractivity contribution in [2.24, 2.45) is 0 Å². The fraction of sp³-hybridized carbons (Fsp3) is 0.400. The Labute approximate surface area is 204 Å². The summed E-state index contributed by atoms with van der Waals surface area (Å²) in [4.78, 5) is 36.4. The molecule has 2 aromatic rings. The summed E-state index contributed by atoms with van der Waals surface area (Å²) in [5, 5.41) is 8.40. The van der Waals surface area contributed by atoms with Crippen LogP contribution in [0.25, 0.3) is 0 Å². The molecule has 9 heteroatoms. The molecule has 1 unspecified atom stereocenters. The largest absolute Gasteiger partial charge is 0.444 e. The molecular formula is C25H31ClFN3O4. The molecule has 3 N–H and O–H groups in total. The van der Waals surface area contributed by atoms with Crippen LogP contribution < -0.4 is 16.0 Å². The molecule has 0 saturated carbocycles. The number of hydrogen-bond acceptors (Lipinski definition) is 5. The van der Waals surface area contributed by atoms with Crippen LogP contribution >= 0.6 is 11.6 Å². The Bertz CT molecular complexity index is 1010. The fourth-order valence-electron chi connectivity index (χ4n) is 3.06. The summed E-state index contributed by atoms with van der Waals surface area (Å²) in [5.74, 6) is -1.39. The average molecular weight is 492 g/mol. The van der Waals surface area contributed by atoms with E-state index in [-0.39, 0.29) is 54.2 Å². The van der Waals surface area contributed by atoms with Crippen molar-refractivity contribution in [2.45, 2.75) is 52.3 Å². The van der Waals surface area contributed by atoms with Gasteiger partial charge in [0.25, 0.3) is 0 Å². The van der Waals surface area contributed by atoms with E-state index in [9.17, 15) is 14.4 Å². The number of halogens is 2. The number of carbonyl (C=O) groups excluding carboxylic acids is 3. The van der Waals surface area contributed by atoms with E-state index in [1.807, 2.05) is 0 Å². The number of ether oxygens (including phenoxy) is 1. The Morgan fingerprint density at radius 3 is 2.32 bits per heavy atom. The molecule has 0 spiro atoms. The molecule has 34 heavy (non-hydrogen) atoms. The summed E-state index contributed by atoms with van der Waals surface area (Å²) < 4.78 is 20.2. The summed E-state index contributed by atoms with van der Waals surface area (Å²) >= 11 is 6.12. The summed E-state index contributed by atoms with van der Waals surface area (Å²) in [7, 11) is 0. The Hall–Kier alpha value is -2.97. The Morgan fingerprint density at radius 1 is 1.03 bits per heavy atom. The second kappa shape index (κ2) is 12.5. The van der Waals surface area contributed by atoms with Gasteiger partial charge in [-0.25, -0.2) is 9.18 Å². The highest BCUT2D eigenvalue weighted by atomic mass is 35.5. The molecule has 0 bridgehead atoms. The van der Waals surface area contributed by atoms with Gasteiger partial charge in [0.15, 0.2) is 5.78 Å². The van der Waals surface area contributed by atoms with Crippen LogP contribution in [0.4, 0.5) is 9.18 Å². The van der Waals surface area contributed by atoms with Gasteiger partial charge in [0.05, 0.1) is 10.6 Å². The molecule has 0 aliphatic carbocycles. The molecule has 2 aromatic carbocycles. The first kappa shape index (κ1) is 27.3. The minimum Gasteiger partial charge on any atom is -0.444 e. The van der Waals surface area contributed by atoms with E-state index in [4.69, 9.17) is 16.3 Å². The summed E-state index contributed by atoms with van der Waals surface area (Å²) in [5.41, 5.74) is -0.139. The SMILES string of the molecule is CC(CC(=O)NCCNC(=O)OC(C)(C)C)NCc1ccc(Cl)c(C(=O)c2ccccc2)c1F. The number of benzene rings is 2. The fourth-order valence-corrected chi connectivity index (χ4v) is 3.29. The zero-order valence-electron chi connectivity index (χ0n) is 19.8. The van der Waals surface area contributed by atoms with Crippen molar-refractivity contribution < 1.29 is 23.5 Å². The molecule has 2 amide bonds. The van der Waals surface area contributed by atoms with Crippen LogP contribution in [0.2, 0.25) is 5.02 Å². The van der Waals surface area contributed by atoms with Gasteiger partial charge in [-0.15, -0.1) is 0 Å². The van der Waals surface area contributed by atoms with E-state index in [1.54, 1.807) is 58.0 Å². The van der Waals surface area contributed by atoms with Crippen LogP contribution in [0.3, 0.4) is 0 Å². The molecule has 0 fully saturated rings. The quantitative estimate of drug-likeness (QED) is 0.341. The lowest BCUT2D eigenvalue weighted by atomic mass is 10.00. The number of carbonyl (C=O) groups is 3. The first-order valence-corrected chi connectivity index (χ1v) is 11.4. The molecule has 2 rings (SSSR count). The molecule has 0 aromatic heterocycles. The lowest BCUT2D eigenvalue weighted by Crippen LogP contribution is -2.39. The lowest BCUT2D eigenvalue weighted by Gasteiger charge is -2.19. The second-order valence-electron chi connectivity index (χ2n) is 8.86. The van der Waals surface area contributed by atoms with Gasteiger partial charge in [-0.2, -0.15) is 0 Å². The zero-order valence-corrected chi connectivity index (χ0v) is 20.6. The predicted octanol–water partition coefficient (Wildman–Crippen LogP) is 4.22. The maximum Gasteiger partial charge on any atom is 0.407 e. The number of ketones is 1. The third kappa shape index (κ3) is 8.76. The molecule has 0 radical (unpaired) electrons. The van der Waals surface area contributed by atoms with Crippen molar-refractivity contribution in [1.82, 2.24) is 16.0 Å². The van der Waals surface area contributed by atoms with Crippen LogP contribution in [-0.4, -0.2) is 42.5 Å². The summed E-state index contributed by atoms with van der Waals surface area (Å²) in [6, 6.07) is 11.1. The molecule has 0 heterocycles. The predicted molar refractivity (Wildman–Crippen MR) is 129 cm³/mol. The van der Waals surface area contributed by atoms with Crippen LogP contribution in [0, 0.1) is 5.82 Å². The third-order valence-electron chi connectivity index (χ3n) is 4.68. The van der Waals surface area contributed by atoms with Gasteiger partial charge < -0.3 is 20.7 Å². The van der Waals surface area contributed by atoms with Gasteiger partial charge >= 0.3 is 6.09 Å². The number of nitrogens with one attached hydrogen (secondary N) is 3. The number of amides is 2. The Morgan fingerprint density at radius 2 is 1.68 bits per heavy atom. The second-order valence-corrected chi connectivity index (χ2v) is 9.26. The molecule has 7 nitrogen and oxygen atoms in total. The normalized spacial score (nSPS) is 12.1. The van der Waals surface area contributed by atoms with E-state index < -0.39 is 23.3 Å². The standard InChI is InChI=1S/C25H31ClFN3O4/c1-16(14-20(31)28-12-13-29-24(33)34-25(2,3)4)30-15-18-10-11-19(26)21(22(18)27)23(32)17-8-6-5-7-9-17/h5-11,16,30H,12-15H2,1-4H3,(H,28,31)(H,29,33). The van der Waals surface area contributed by atoms with Crippen molar-refractivity contribution in [3.05, 3.63) is 70.0 Å². The van der Waals surface area contributed by atoms with E-state index in [1.165, 1.54) is 12.1 Å². The molecule has 0 saturated heterocycles. The molecule has 0 aliphatic rings. The van der Waals surface area contributed by atoms with E-state index in [0.717, 1.165) is 0 Å². The molecular weight excluding hydrogens is 461 g/mol. The topological polar surface area (TPSA) is 96.5 Å². The molecule has 1 atom stereocenters. The van der Waals surface area contributed by atoms with Crippen LogP contribution in [-0.2, 0) is 16.1 Å². The molecule has 184 valence electrons. The van der Waals surface area contributed by atoms with Crippen molar-refractivity contribution in [3.63, 3.8) is 0 Å². The maximum absolute atomic E-state index is 15.1. The maximum atomic E-state index is 15.1. The monoisotopic (exact) mass is 491 g/mol. The van der Waals surface area contributed by atoms with Gasteiger partial charge in [-0.3, -0.25) is 9.59 Å². The van der Waals surface area contributed by atoms with Crippen LogP contribution in [0.5, 0.6) is 0 Å². The number of hydrogen-bond donors (Lipinski definition) is 3. The van der Waals surface area contributed by atoms with Gasteiger partial charge in [-0.1, -0.05) is 48.0 Å². The highest BCUT2D eigenvalue weighted by molar-refractivity contribution is 6.35. The third-order valence-corrected chi connectivity index (χ3v) is 5.00. The summed E-state index contributed by atoms with van der Waals surface area (Å²) in [6.07, 6.45) is -0.399. The first-order valence-electron chi connectivity index (χ1n) is 11.0. The van der Waals surface area contributed by atoms with Crippen molar-refractivity contribution in [3.8, 4) is 0 Å². The van der Waals surface area contributed by atoms with E-state index >= 15 is 4.39 Å². The number of alkyl carbamates (subject to hydrolysis) is 1. The highest BCUT2D eigenvalue weighted by Crippen LogP contribution is 2.25. The van der Waals surface area contributed by atoms with Crippen LogP contribution in [0.1, 0.15) is 55.6 Å². The van der Waals surface area contributed by atoms with Gasteiger partial charge in [-0.05, 0) is 33.8 Å². The van der Waals surface area contributed by atoms with Gasteiger partial charge in [0.2, 0.25) is 5.91 Å². The minimum atomic E-state index is -0.682. The van der Waals surface area contributed by atoms with Crippen molar-refractivity contribution in [1.29, 1.82) is 0 Å².